The highest BCUT2D eigenvalue weighted by molar-refractivity contribution is 5.84. The molecule has 5 heteroatoms. The SMILES string of the molecule is CCOC(=O)CCC(=O)COc1ccc(CCOC)cc1. The summed E-state index contributed by atoms with van der Waals surface area (Å²) in [5.41, 5.74) is 1.15. The van der Waals surface area contributed by atoms with Crippen LogP contribution in [0.25, 0.3) is 0 Å². The fraction of sp³-hybridized carbons (Fsp3) is 0.500. The zero-order chi connectivity index (χ0) is 15.5. The number of benzene rings is 1. The summed E-state index contributed by atoms with van der Waals surface area (Å²) in [5.74, 6) is 0.167. The van der Waals surface area contributed by atoms with E-state index >= 15 is 0 Å². The van der Waals surface area contributed by atoms with Crippen molar-refractivity contribution in [1.82, 2.24) is 0 Å². The molecule has 0 radical (unpaired) electrons. The van der Waals surface area contributed by atoms with Crippen LogP contribution in [-0.4, -0.2) is 38.7 Å². The molecule has 0 aliphatic carbocycles. The smallest absolute Gasteiger partial charge is 0.306 e. The lowest BCUT2D eigenvalue weighted by Crippen LogP contribution is -2.14. The van der Waals surface area contributed by atoms with Crippen molar-refractivity contribution in [2.24, 2.45) is 0 Å². The normalized spacial score (nSPS) is 10.2. The summed E-state index contributed by atoms with van der Waals surface area (Å²) < 4.78 is 15.1. The Morgan fingerprint density at radius 3 is 2.43 bits per heavy atom. The predicted octanol–water partition coefficient (Wildman–Crippen LogP) is 2.17. The van der Waals surface area contributed by atoms with Crippen LogP contribution in [0.2, 0.25) is 0 Å². The van der Waals surface area contributed by atoms with Crippen LogP contribution in [0.1, 0.15) is 25.3 Å². The number of rotatable bonds is 10. The van der Waals surface area contributed by atoms with Gasteiger partial charge in [0.1, 0.15) is 12.4 Å². The van der Waals surface area contributed by atoms with Gasteiger partial charge in [0.05, 0.1) is 19.6 Å². The summed E-state index contributed by atoms with van der Waals surface area (Å²) in [6.45, 7) is 2.71. The van der Waals surface area contributed by atoms with E-state index in [0.29, 0.717) is 19.0 Å². The van der Waals surface area contributed by atoms with Gasteiger partial charge in [0.25, 0.3) is 0 Å². The highest BCUT2D eigenvalue weighted by atomic mass is 16.5. The summed E-state index contributed by atoms with van der Waals surface area (Å²) in [6.07, 6.45) is 1.09. The summed E-state index contributed by atoms with van der Waals surface area (Å²) in [5, 5.41) is 0. The van der Waals surface area contributed by atoms with E-state index in [1.54, 1.807) is 14.0 Å². The van der Waals surface area contributed by atoms with Crippen molar-refractivity contribution < 1.29 is 23.8 Å². The number of esters is 1. The number of hydrogen-bond donors (Lipinski definition) is 0. The Hall–Kier alpha value is -1.88. The van der Waals surface area contributed by atoms with Gasteiger partial charge in [-0.25, -0.2) is 0 Å². The molecular weight excluding hydrogens is 272 g/mol. The fourth-order valence-electron chi connectivity index (χ4n) is 1.68. The number of carbonyl (C=O) groups is 2. The minimum absolute atomic E-state index is 0.0309. The lowest BCUT2D eigenvalue weighted by molar-refractivity contribution is -0.144. The number of Topliss-reactive ketones (excluding diaryl/α,β-unsaturated/α-hetero) is 1. The highest BCUT2D eigenvalue weighted by Gasteiger charge is 2.08. The van der Waals surface area contributed by atoms with Gasteiger partial charge >= 0.3 is 5.97 Å². The minimum atomic E-state index is -0.353. The Bertz CT molecular complexity index is 438. The molecule has 0 heterocycles. The number of methoxy groups -OCH3 is 1. The van der Waals surface area contributed by atoms with Gasteiger partial charge in [-0.1, -0.05) is 12.1 Å². The lowest BCUT2D eigenvalue weighted by atomic mass is 10.1. The van der Waals surface area contributed by atoms with Crippen LogP contribution in [0, 0.1) is 0 Å². The van der Waals surface area contributed by atoms with Gasteiger partial charge in [0.2, 0.25) is 0 Å². The van der Waals surface area contributed by atoms with Gasteiger partial charge in [-0.3, -0.25) is 9.59 Å². The highest BCUT2D eigenvalue weighted by Crippen LogP contribution is 2.13. The molecule has 0 spiro atoms. The van der Waals surface area contributed by atoms with Crippen LogP contribution < -0.4 is 4.74 Å². The topological polar surface area (TPSA) is 61.8 Å². The fourth-order valence-corrected chi connectivity index (χ4v) is 1.68. The van der Waals surface area contributed by atoms with E-state index in [9.17, 15) is 9.59 Å². The first-order valence-corrected chi connectivity index (χ1v) is 7.03. The summed E-state index contributed by atoms with van der Waals surface area (Å²) in [6, 6.07) is 7.53. The summed E-state index contributed by atoms with van der Waals surface area (Å²) in [4.78, 5) is 22.7. The molecule has 0 N–H and O–H groups in total. The second kappa shape index (κ2) is 9.94. The summed E-state index contributed by atoms with van der Waals surface area (Å²) in [7, 11) is 1.67. The number of carbonyl (C=O) groups excluding carboxylic acids is 2. The van der Waals surface area contributed by atoms with Crippen molar-refractivity contribution >= 4 is 11.8 Å². The maximum absolute atomic E-state index is 11.6. The maximum atomic E-state index is 11.6. The number of hydrogen-bond acceptors (Lipinski definition) is 5. The zero-order valence-electron chi connectivity index (χ0n) is 12.6. The largest absolute Gasteiger partial charge is 0.486 e. The van der Waals surface area contributed by atoms with Gasteiger partial charge in [-0.2, -0.15) is 0 Å². The van der Waals surface area contributed by atoms with Gasteiger partial charge in [0.15, 0.2) is 5.78 Å². The zero-order valence-corrected chi connectivity index (χ0v) is 12.6. The second-order valence-corrected chi connectivity index (χ2v) is 4.52. The van der Waals surface area contributed by atoms with Crippen LogP contribution in [0.3, 0.4) is 0 Å². The van der Waals surface area contributed by atoms with E-state index in [-0.39, 0.29) is 31.2 Å². The van der Waals surface area contributed by atoms with Crippen molar-refractivity contribution in [1.29, 1.82) is 0 Å². The molecule has 0 fully saturated rings. The van der Waals surface area contributed by atoms with Crippen LogP contribution in [0.15, 0.2) is 24.3 Å². The summed E-state index contributed by atoms with van der Waals surface area (Å²) >= 11 is 0. The molecule has 0 saturated heterocycles. The molecule has 1 aromatic carbocycles. The van der Waals surface area contributed by atoms with Crippen LogP contribution in [0.5, 0.6) is 5.75 Å². The Morgan fingerprint density at radius 2 is 1.81 bits per heavy atom. The van der Waals surface area contributed by atoms with Gasteiger partial charge in [-0.05, 0) is 31.0 Å². The van der Waals surface area contributed by atoms with E-state index in [0.717, 1.165) is 12.0 Å². The van der Waals surface area contributed by atoms with Crippen molar-refractivity contribution in [2.45, 2.75) is 26.2 Å². The Morgan fingerprint density at radius 1 is 1.10 bits per heavy atom. The van der Waals surface area contributed by atoms with E-state index in [1.807, 2.05) is 24.3 Å². The molecule has 0 aliphatic rings. The number of ether oxygens (including phenoxy) is 3. The Balaban J connectivity index is 2.27. The van der Waals surface area contributed by atoms with Crippen LogP contribution >= 0.6 is 0 Å². The van der Waals surface area contributed by atoms with Crippen molar-refractivity contribution in [3.8, 4) is 5.75 Å². The standard InChI is InChI=1S/C16H22O5/c1-3-20-16(18)9-6-14(17)12-21-15-7-4-13(5-8-15)10-11-19-2/h4-5,7-8H,3,6,9-12H2,1-2H3. The molecule has 5 nitrogen and oxygen atoms in total. The molecule has 0 amide bonds. The Kier molecular flexibility index (Phi) is 8.12. The molecule has 0 saturated carbocycles. The van der Waals surface area contributed by atoms with Gasteiger partial charge in [-0.15, -0.1) is 0 Å². The molecule has 21 heavy (non-hydrogen) atoms. The van der Waals surface area contributed by atoms with Crippen molar-refractivity contribution in [3.63, 3.8) is 0 Å². The monoisotopic (exact) mass is 294 g/mol. The average molecular weight is 294 g/mol. The third-order valence-corrected chi connectivity index (χ3v) is 2.83. The minimum Gasteiger partial charge on any atom is -0.486 e. The second-order valence-electron chi connectivity index (χ2n) is 4.52. The molecule has 1 aromatic rings. The van der Waals surface area contributed by atoms with E-state index < -0.39 is 0 Å². The molecule has 1 rings (SSSR count). The molecule has 0 aromatic heterocycles. The third kappa shape index (κ3) is 7.46. The molecular formula is C16H22O5. The maximum Gasteiger partial charge on any atom is 0.306 e. The quantitative estimate of drug-likeness (QED) is 0.619. The van der Waals surface area contributed by atoms with E-state index in [2.05, 4.69) is 0 Å². The molecule has 0 unspecified atom stereocenters. The van der Waals surface area contributed by atoms with Gasteiger partial charge < -0.3 is 14.2 Å². The predicted molar refractivity (Wildman–Crippen MR) is 78.4 cm³/mol. The molecule has 0 aliphatic heterocycles. The number of ketones is 1. The first-order valence-electron chi connectivity index (χ1n) is 7.03. The lowest BCUT2D eigenvalue weighted by Gasteiger charge is -2.07. The first kappa shape index (κ1) is 17.2. The van der Waals surface area contributed by atoms with Crippen LogP contribution in [0.4, 0.5) is 0 Å². The van der Waals surface area contributed by atoms with E-state index in [1.165, 1.54) is 0 Å². The Labute approximate surface area is 125 Å². The third-order valence-electron chi connectivity index (χ3n) is 2.83. The van der Waals surface area contributed by atoms with Gasteiger partial charge in [0, 0.05) is 13.5 Å². The van der Waals surface area contributed by atoms with E-state index in [4.69, 9.17) is 14.2 Å². The van der Waals surface area contributed by atoms with Crippen LogP contribution in [-0.2, 0) is 25.5 Å². The van der Waals surface area contributed by atoms with Crippen molar-refractivity contribution in [2.75, 3.05) is 26.9 Å². The molecule has 0 bridgehead atoms. The molecule has 116 valence electrons. The average Bonchev–Trinajstić information content (AvgIpc) is 2.50. The molecule has 0 atom stereocenters. The van der Waals surface area contributed by atoms with Crippen molar-refractivity contribution in [3.05, 3.63) is 29.8 Å². The first-order chi connectivity index (χ1) is 10.2.